The van der Waals surface area contributed by atoms with Gasteiger partial charge < -0.3 is 13.8 Å². The molecule has 12 heavy (non-hydrogen) atoms. The Morgan fingerprint density at radius 2 is 2.33 bits per heavy atom. The number of amides is 1. The molecule has 6 heteroatoms. The Morgan fingerprint density at radius 3 is 2.75 bits per heavy atom. The first-order chi connectivity index (χ1) is 5.68. The van der Waals surface area contributed by atoms with E-state index in [0.29, 0.717) is 13.0 Å². The number of hydrogen-bond acceptors (Lipinski definition) is 4. The zero-order valence-corrected chi connectivity index (χ0v) is 7.28. The van der Waals surface area contributed by atoms with E-state index in [1.54, 1.807) is 0 Å². The van der Waals surface area contributed by atoms with E-state index >= 15 is 0 Å². The topological polar surface area (TPSA) is 55.8 Å². The molecule has 0 saturated carbocycles. The maximum Gasteiger partial charge on any atom is 0.773 e. The molecule has 0 bridgehead atoms. The minimum absolute atomic E-state index is 0.304. The molecule has 0 radical (unpaired) electrons. The molecular weight excluding hydrogens is 178 g/mol. The van der Waals surface area contributed by atoms with Crippen molar-refractivity contribution in [3.63, 3.8) is 0 Å². The molecule has 2 aliphatic rings. The lowest BCUT2D eigenvalue weighted by molar-refractivity contribution is -0.216. The molecule has 0 atom stereocenters. The third kappa shape index (κ3) is 0.751. The van der Waals surface area contributed by atoms with Crippen LogP contribution in [-0.2, 0) is 18.1 Å². The van der Waals surface area contributed by atoms with E-state index in [-0.39, 0.29) is 5.91 Å². The predicted octanol–water partition coefficient (Wildman–Crippen LogP) is -0.479. The summed E-state index contributed by atoms with van der Waals surface area (Å²) in [5.74, 6) is -1.54. The highest BCUT2D eigenvalue weighted by molar-refractivity contribution is 6.31. The van der Waals surface area contributed by atoms with Gasteiger partial charge in [0.1, 0.15) is 0 Å². The number of rotatable bonds is 1. The molecule has 0 aromatic rings. The van der Waals surface area contributed by atoms with Crippen molar-refractivity contribution in [2.75, 3.05) is 6.54 Å². The molecular formula is C6H7NO4Si. The molecule has 2 saturated heterocycles. The highest BCUT2D eigenvalue weighted by Crippen LogP contribution is 2.34. The third-order valence-corrected chi connectivity index (χ3v) is 2.98. The summed E-state index contributed by atoms with van der Waals surface area (Å²) >= 11 is 0. The monoisotopic (exact) mass is 185 g/mol. The largest absolute Gasteiger partial charge is 0.773 e. The molecule has 2 rings (SSSR count). The summed E-state index contributed by atoms with van der Waals surface area (Å²) in [6, 6.07) is 0. The summed E-state index contributed by atoms with van der Waals surface area (Å²) in [6.07, 6.45) is 1.84. The van der Waals surface area contributed by atoms with Crippen molar-refractivity contribution in [2.24, 2.45) is 0 Å². The standard InChI is InChI=1S/C6H7NO4Si/c1-2-7-4-3-6(5(7)8)10-12(9)11-6/h2H,1,3-4H2. The van der Waals surface area contributed by atoms with E-state index in [0.717, 1.165) is 0 Å². The van der Waals surface area contributed by atoms with E-state index in [2.05, 4.69) is 6.58 Å². The van der Waals surface area contributed by atoms with Crippen LogP contribution in [0, 0.1) is 0 Å². The molecule has 2 aliphatic heterocycles. The van der Waals surface area contributed by atoms with E-state index in [1.165, 1.54) is 11.1 Å². The quantitative estimate of drug-likeness (QED) is 0.518. The van der Waals surface area contributed by atoms with Gasteiger partial charge in [-0.3, -0.25) is 9.26 Å². The average Bonchev–Trinajstić information content (AvgIpc) is 2.29. The van der Waals surface area contributed by atoms with Gasteiger partial charge in [-0.05, 0) is 6.20 Å². The van der Waals surface area contributed by atoms with Crippen LogP contribution in [0.4, 0.5) is 0 Å². The second kappa shape index (κ2) is 2.16. The van der Waals surface area contributed by atoms with Gasteiger partial charge in [-0.25, -0.2) is 0 Å². The summed E-state index contributed by atoms with van der Waals surface area (Å²) in [6.45, 7) is 3.97. The molecule has 1 spiro atoms. The molecule has 0 aromatic carbocycles. The highest BCUT2D eigenvalue weighted by Gasteiger charge is 2.61. The van der Waals surface area contributed by atoms with Gasteiger partial charge in [0.15, 0.2) is 0 Å². The molecule has 1 amide bonds. The lowest BCUT2D eigenvalue weighted by Gasteiger charge is -2.34. The van der Waals surface area contributed by atoms with Crippen molar-refractivity contribution in [2.45, 2.75) is 12.2 Å². The SMILES string of the molecule is C=CN1CCC2(O[Si](=O)O2)C1=O. The van der Waals surface area contributed by atoms with Crippen molar-refractivity contribution < 1.29 is 18.1 Å². The summed E-state index contributed by atoms with van der Waals surface area (Å²) in [5.41, 5.74) is 0. The number of nitrogens with zero attached hydrogens (tertiary/aromatic N) is 1. The van der Waals surface area contributed by atoms with E-state index < -0.39 is 15.0 Å². The summed E-state index contributed by atoms with van der Waals surface area (Å²) < 4.78 is 20.2. The van der Waals surface area contributed by atoms with Crippen LogP contribution in [0.1, 0.15) is 6.42 Å². The number of hydrogen-bond donors (Lipinski definition) is 0. The number of likely N-dealkylation sites (tertiary alicyclic amines) is 1. The highest BCUT2D eigenvalue weighted by atomic mass is 28.3. The maximum atomic E-state index is 11.4. The number of carbonyl (C=O) groups excluding carboxylic acids is 1. The van der Waals surface area contributed by atoms with Crippen LogP contribution in [0.2, 0.25) is 0 Å². The van der Waals surface area contributed by atoms with Gasteiger partial charge >= 0.3 is 20.9 Å². The van der Waals surface area contributed by atoms with Gasteiger partial charge in [-0.2, -0.15) is 0 Å². The van der Waals surface area contributed by atoms with Crippen LogP contribution in [0.5, 0.6) is 0 Å². The van der Waals surface area contributed by atoms with Gasteiger partial charge in [0.05, 0.1) is 6.42 Å². The van der Waals surface area contributed by atoms with E-state index in [9.17, 15) is 9.26 Å². The zero-order chi connectivity index (χ0) is 8.77. The Labute approximate surface area is 70.5 Å². The predicted molar refractivity (Wildman–Crippen MR) is 37.9 cm³/mol. The van der Waals surface area contributed by atoms with Crippen LogP contribution in [-0.4, -0.2) is 32.3 Å². The van der Waals surface area contributed by atoms with Crippen molar-refractivity contribution >= 4 is 15.1 Å². The molecule has 2 fully saturated rings. The number of carbonyl (C=O) groups is 1. The Bertz CT molecular complexity index is 269. The molecule has 0 N–H and O–H groups in total. The van der Waals surface area contributed by atoms with Gasteiger partial charge in [0.2, 0.25) is 0 Å². The van der Waals surface area contributed by atoms with Crippen molar-refractivity contribution in [3.8, 4) is 0 Å². The van der Waals surface area contributed by atoms with Gasteiger partial charge in [-0.1, -0.05) is 6.58 Å². The Balaban J connectivity index is 2.17. The van der Waals surface area contributed by atoms with Crippen molar-refractivity contribution in [1.82, 2.24) is 4.90 Å². The summed E-state index contributed by atoms with van der Waals surface area (Å²) in [7, 11) is -2.38. The lowest BCUT2D eigenvalue weighted by atomic mass is 10.2. The Morgan fingerprint density at radius 1 is 1.67 bits per heavy atom. The zero-order valence-electron chi connectivity index (χ0n) is 6.28. The first kappa shape index (κ1) is 7.47. The van der Waals surface area contributed by atoms with Gasteiger partial charge in [0, 0.05) is 6.54 Å². The minimum Gasteiger partial charge on any atom is -0.450 e. The second-order valence-corrected chi connectivity index (χ2v) is 3.55. The molecule has 0 aromatic heterocycles. The van der Waals surface area contributed by atoms with Crippen LogP contribution < -0.4 is 0 Å². The first-order valence-electron chi connectivity index (χ1n) is 3.53. The summed E-state index contributed by atoms with van der Waals surface area (Å²) in [4.78, 5) is 12.8. The van der Waals surface area contributed by atoms with E-state index in [1.807, 2.05) is 0 Å². The Hall–Kier alpha value is -1.17. The van der Waals surface area contributed by atoms with Crippen LogP contribution >= 0.6 is 0 Å². The normalized spacial score (nSPS) is 24.8. The molecule has 64 valence electrons. The maximum absolute atomic E-state index is 11.4. The van der Waals surface area contributed by atoms with Crippen molar-refractivity contribution in [3.05, 3.63) is 12.8 Å². The Kier molecular flexibility index (Phi) is 1.35. The fraction of sp³-hybridized carbons (Fsp3) is 0.500. The fourth-order valence-corrected chi connectivity index (χ4v) is 2.27. The third-order valence-electron chi connectivity index (χ3n) is 1.99. The van der Waals surface area contributed by atoms with Crippen LogP contribution in [0.15, 0.2) is 12.8 Å². The first-order valence-corrected chi connectivity index (χ1v) is 4.76. The van der Waals surface area contributed by atoms with Gasteiger partial charge in [-0.15, -0.1) is 0 Å². The van der Waals surface area contributed by atoms with Crippen molar-refractivity contribution in [1.29, 1.82) is 0 Å². The van der Waals surface area contributed by atoms with Gasteiger partial charge in [0.25, 0.3) is 0 Å². The minimum atomic E-state index is -2.38. The van der Waals surface area contributed by atoms with Crippen LogP contribution in [0.3, 0.4) is 0 Å². The lowest BCUT2D eigenvalue weighted by Crippen LogP contribution is -2.56. The smallest absolute Gasteiger partial charge is 0.450 e. The van der Waals surface area contributed by atoms with E-state index in [4.69, 9.17) is 8.85 Å². The second-order valence-electron chi connectivity index (χ2n) is 2.64. The summed E-state index contributed by atoms with van der Waals surface area (Å²) in [5, 5.41) is 0. The molecule has 2 heterocycles. The van der Waals surface area contributed by atoms with Crippen LogP contribution in [0.25, 0.3) is 0 Å². The molecule has 5 nitrogen and oxygen atoms in total. The fourth-order valence-electron chi connectivity index (χ4n) is 1.34. The average molecular weight is 185 g/mol. The molecule has 0 unspecified atom stereocenters. The molecule has 0 aliphatic carbocycles.